The van der Waals surface area contributed by atoms with E-state index in [0.29, 0.717) is 16.8 Å². The summed E-state index contributed by atoms with van der Waals surface area (Å²) in [5, 5.41) is 11.1. The Morgan fingerprint density at radius 2 is 2.15 bits per heavy atom. The van der Waals surface area contributed by atoms with E-state index in [4.69, 9.17) is 4.42 Å². The van der Waals surface area contributed by atoms with E-state index in [9.17, 15) is 9.50 Å². The number of halogens is 1. The maximum Gasteiger partial charge on any atom is 0.170 e. The van der Waals surface area contributed by atoms with Crippen LogP contribution in [0.15, 0.2) is 41.2 Å². The van der Waals surface area contributed by atoms with E-state index in [0.717, 1.165) is 0 Å². The standard InChI is InChI=1S/C15H15FN2O2/c1-9(2)18-8-17-7-12(18)14(19)13-6-10-4-3-5-11(16)15(10)20-13/h3-9,14,19H,1-2H3. The number of aromatic nitrogens is 2. The Labute approximate surface area is 115 Å². The van der Waals surface area contributed by atoms with E-state index in [2.05, 4.69) is 4.98 Å². The van der Waals surface area contributed by atoms with Gasteiger partial charge in [-0.05, 0) is 26.0 Å². The molecule has 2 aromatic heterocycles. The van der Waals surface area contributed by atoms with Gasteiger partial charge in [0.25, 0.3) is 0 Å². The SMILES string of the molecule is CC(C)n1cncc1C(O)c1cc2cccc(F)c2o1. The fourth-order valence-corrected chi connectivity index (χ4v) is 2.29. The lowest BCUT2D eigenvalue weighted by Crippen LogP contribution is -2.09. The molecule has 0 aliphatic carbocycles. The monoisotopic (exact) mass is 274 g/mol. The molecule has 20 heavy (non-hydrogen) atoms. The maximum atomic E-state index is 13.6. The highest BCUT2D eigenvalue weighted by Crippen LogP contribution is 2.30. The van der Waals surface area contributed by atoms with Gasteiger partial charge < -0.3 is 14.1 Å². The van der Waals surface area contributed by atoms with Gasteiger partial charge in [-0.15, -0.1) is 0 Å². The number of nitrogens with zero attached hydrogens (tertiary/aromatic N) is 2. The average Bonchev–Trinajstić information content (AvgIpc) is 3.05. The van der Waals surface area contributed by atoms with Gasteiger partial charge in [0, 0.05) is 11.4 Å². The van der Waals surface area contributed by atoms with Crippen molar-refractivity contribution in [1.29, 1.82) is 0 Å². The van der Waals surface area contributed by atoms with Crippen LogP contribution in [0.4, 0.5) is 4.39 Å². The molecule has 3 rings (SSSR count). The molecule has 0 fully saturated rings. The van der Waals surface area contributed by atoms with Crippen LogP contribution in [0.2, 0.25) is 0 Å². The lowest BCUT2D eigenvalue weighted by atomic mass is 10.2. The molecule has 5 heteroatoms. The van der Waals surface area contributed by atoms with Crippen LogP contribution in [0, 0.1) is 5.82 Å². The Morgan fingerprint density at radius 3 is 2.85 bits per heavy atom. The Kier molecular flexibility index (Phi) is 3.06. The van der Waals surface area contributed by atoms with Crippen LogP contribution in [0.25, 0.3) is 11.0 Å². The highest BCUT2D eigenvalue weighted by molar-refractivity contribution is 5.78. The first-order valence-electron chi connectivity index (χ1n) is 6.45. The molecule has 0 aliphatic rings. The summed E-state index contributed by atoms with van der Waals surface area (Å²) in [6, 6.07) is 6.52. The third kappa shape index (κ3) is 2.00. The molecule has 0 radical (unpaired) electrons. The third-order valence-electron chi connectivity index (χ3n) is 3.32. The Morgan fingerprint density at radius 1 is 1.35 bits per heavy atom. The molecule has 104 valence electrons. The summed E-state index contributed by atoms with van der Waals surface area (Å²) in [5.74, 6) is -0.120. The zero-order valence-corrected chi connectivity index (χ0v) is 11.2. The van der Waals surface area contributed by atoms with Crippen molar-refractivity contribution in [3.63, 3.8) is 0 Å². The Balaban J connectivity index is 2.06. The average molecular weight is 274 g/mol. The number of para-hydroxylation sites is 1. The molecule has 0 bridgehead atoms. The van der Waals surface area contributed by atoms with Gasteiger partial charge in [0.2, 0.25) is 0 Å². The molecule has 2 heterocycles. The van der Waals surface area contributed by atoms with Gasteiger partial charge >= 0.3 is 0 Å². The highest BCUT2D eigenvalue weighted by Gasteiger charge is 2.21. The topological polar surface area (TPSA) is 51.2 Å². The zero-order chi connectivity index (χ0) is 14.3. The summed E-state index contributed by atoms with van der Waals surface area (Å²) in [6.07, 6.45) is 2.28. The van der Waals surface area contributed by atoms with Gasteiger partial charge in [-0.2, -0.15) is 0 Å². The molecule has 0 spiro atoms. The molecule has 0 amide bonds. The highest BCUT2D eigenvalue weighted by atomic mass is 19.1. The van der Waals surface area contributed by atoms with E-state index >= 15 is 0 Å². The van der Waals surface area contributed by atoms with Gasteiger partial charge in [0.05, 0.1) is 18.2 Å². The minimum atomic E-state index is -0.966. The van der Waals surface area contributed by atoms with Crippen molar-refractivity contribution >= 4 is 11.0 Å². The van der Waals surface area contributed by atoms with Crippen molar-refractivity contribution in [3.05, 3.63) is 54.1 Å². The van der Waals surface area contributed by atoms with Gasteiger partial charge in [0.15, 0.2) is 17.5 Å². The summed E-state index contributed by atoms with van der Waals surface area (Å²) < 4.78 is 20.9. The number of aliphatic hydroxyl groups excluding tert-OH is 1. The largest absolute Gasteiger partial charge is 0.455 e. The van der Waals surface area contributed by atoms with Crippen LogP contribution in [0.5, 0.6) is 0 Å². The minimum Gasteiger partial charge on any atom is -0.455 e. The summed E-state index contributed by atoms with van der Waals surface area (Å²) in [4.78, 5) is 4.05. The molecule has 0 aliphatic heterocycles. The molecule has 1 N–H and O–H groups in total. The normalized spacial score (nSPS) is 13.2. The Hall–Kier alpha value is -2.14. The van der Waals surface area contributed by atoms with Crippen LogP contribution in [-0.2, 0) is 0 Å². The second-order valence-electron chi connectivity index (χ2n) is 5.03. The second kappa shape index (κ2) is 4.76. The van der Waals surface area contributed by atoms with E-state index in [1.165, 1.54) is 6.07 Å². The van der Waals surface area contributed by atoms with Crippen LogP contribution >= 0.6 is 0 Å². The summed E-state index contributed by atoms with van der Waals surface area (Å²) in [6.45, 7) is 3.99. The minimum absolute atomic E-state index is 0.164. The summed E-state index contributed by atoms with van der Waals surface area (Å²) in [7, 11) is 0. The Bertz CT molecular complexity index is 745. The molecular weight excluding hydrogens is 259 g/mol. The number of hydrogen-bond donors (Lipinski definition) is 1. The number of aliphatic hydroxyl groups is 1. The lowest BCUT2D eigenvalue weighted by Gasteiger charge is -2.14. The lowest BCUT2D eigenvalue weighted by molar-refractivity contribution is 0.181. The number of furan rings is 1. The number of hydrogen-bond acceptors (Lipinski definition) is 3. The van der Waals surface area contributed by atoms with E-state index < -0.39 is 11.9 Å². The van der Waals surface area contributed by atoms with Crippen LogP contribution in [0.3, 0.4) is 0 Å². The molecule has 1 atom stereocenters. The third-order valence-corrected chi connectivity index (χ3v) is 3.32. The van der Waals surface area contributed by atoms with Gasteiger partial charge in [-0.1, -0.05) is 12.1 Å². The summed E-state index contributed by atoms with van der Waals surface area (Å²) in [5.41, 5.74) is 0.789. The smallest absolute Gasteiger partial charge is 0.170 e. The zero-order valence-electron chi connectivity index (χ0n) is 11.2. The fourth-order valence-electron chi connectivity index (χ4n) is 2.29. The maximum absolute atomic E-state index is 13.6. The van der Waals surface area contributed by atoms with Crippen molar-refractivity contribution in [2.24, 2.45) is 0 Å². The first-order chi connectivity index (χ1) is 9.58. The van der Waals surface area contributed by atoms with Crippen molar-refractivity contribution in [2.45, 2.75) is 26.0 Å². The van der Waals surface area contributed by atoms with Gasteiger partial charge in [-0.3, -0.25) is 0 Å². The van der Waals surface area contributed by atoms with Gasteiger partial charge in [0.1, 0.15) is 5.76 Å². The molecule has 1 aromatic carbocycles. The quantitative estimate of drug-likeness (QED) is 0.796. The molecule has 4 nitrogen and oxygen atoms in total. The molecule has 1 unspecified atom stereocenters. The predicted molar refractivity (Wildman–Crippen MR) is 72.8 cm³/mol. The van der Waals surface area contributed by atoms with Crippen molar-refractivity contribution in [3.8, 4) is 0 Å². The molecular formula is C15H15FN2O2. The van der Waals surface area contributed by atoms with Crippen molar-refractivity contribution in [1.82, 2.24) is 9.55 Å². The molecule has 3 aromatic rings. The number of rotatable bonds is 3. The fraction of sp³-hybridized carbons (Fsp3) is 0.267. The first kappa shape index (κ1) is 12.9. The van der Waals surface area contributed by atoms with Crippen LogP contribution in [-0.4, -0.2) is 14.7 Å². The molecule has 0 saturated heterocycles. The molecule has 0 saturated carbocycles. The van der Waals surface area contributed by atoms with Crippen LogP contribution < -0.4 is 0 Å². The van der Waals surface area contributed by atoms with Gasteiger partial charge in [-0.25, -0.2) is 9.37 Å². The van der Waals surface area contributed by atoms with Crippen LogP contribution in [0.1, 0.15) is 37.4 Å². The van der Waals surface area contributed by atoms with E-state index in [1.807, 2.05) is 18.4 Å². The summed E-state index contributed by atoms with van der Waals surface area (Å²) >= 11 is 0. The predicted octanol–water partition coefficient (Wildman–Crippen LogP) is 3.43. The van der Waals surface area contributed by atoms with E-state index in [-0.39, 0.29) is 11.6 Å². The second-order valence-corrected chi connectivity index (χ2v) is 5.03. The first-order valence-corrected chi connectivity index (χ1v) is 6.45. The number of fused-ring (bicyclic) bond motifs is 1. The van der Waals surface area contributed by atoms with Crippen molar-refractivity contribution in [2.75, 3.05) is 0 Å². The number of imidazole rings is 1. The van der Waals surface area contributed by atoms with Crippen molar-refractivity contribution < 1.29 is 13.9 Å². The van der Waals surface area contributed by atoms with E-state index in [1.54, 1.807) is 30.7 Å². The number of benzene rings is 1.